The zero-order valence-corrected chi connectivity index (χ0v) is 15.1. The maximum atomic E-state index is 14.3. The molecule has 0 heterocycles. The van der Waals surface area contributed by atoms with Crippen molar-refractivity contribution in [2.24, 2.45) is 5.73 Å². The molecule has 0 aliphatic heterocycles. The van der Waals surface area contributed by atoms with E-state index in [1.54, 1.807) is 6.08 Å². The van der Waals surface area contributed by atoms with Gasteiger partial charge >= 0.3 is 5.97 Å². The largest absolute Gasteiger partial charge is 0.480 e. The molecule has 2 rings (SSSR count). The lowest BCUT2D eigenvalue weighted by Crippen LogP contribution is -2.44. The Labute approximate surface area is 152 Å². The van der Waals surface area contributed by atoms with Gasteiger partial charge in [0.1, 0.15) is 17.2 Å². The number of hydrogen-bond donors (Lipinski definition) is 2. The van der Waals surface area contributed by atoms with Gasteiger partial charge in [-0.3, -0.25) is 4.79 Å². The summed E-state index contributed by atoms with van der Waals surface area (Å²) in [5.41, 5.74) is 6.82. The lowest BCUT2D eigenvalue weighted by atomic mass is 9.91. The van der Waals surface area contributed by atoms with E-state index >= 15 is 0 Å². The molecule has 3 N–H and O–H groups in total. The van der Waals surface area contributed by atoms with Crippen LogP contribution in [-0.4, -0.2) is 16.6 Å². The Kier molecular flexibility index (Phi) is 5.93. The molecule has 0 spiro atoms. The maximum Gasteiger partial charge on any atom is 0.323 e. The molecule has 0 aliphatic rings. The molecule has 0 bridgehead atoms. The quantitative estimate of drug-likeness (QED) is 0.785. The molecule has 0 saturated heterocycles. The van der Waals surface area contributed by atoms with Crippen LogP contribution in [0.25, 0.3) is 5.57 Å². The zero-order chi connectivity index (χ0) is 19.5. The van der Waals surface area contributed by atoms with Crippen molar-refractivity contribution in [3.05, 3.63) is 76.9 Å². The minimum absolute atomic E-state index is 0.000412. The highest BCUT2D eigenvalue weighted by molar-refractivity contribution is 5.82. The van der Waals surface area contributed by atoms with E-state index in [1.807, 2.05) is 24.3 Å². The summed E-state index contributed by atoms with van der Waals surface area (Å²) in [4.78, 5) is 11.3. The predicted molar refractivity (Wildman–Crippen MR) is 98.8 cm³/mol. The zero-order valence-electron chi connectivity index (χ0n) is 15.1. The van der Waals surface area contributed by atoms with Gasteiger partial charge in [-0.25, -0.2) is 8.78 Å². The van der Waals surface area contributed by atoms with E-state index in [1.165, 1.54) is 19.1 Å². The fraction of sp³-hybridized carbons (Fsp3) is 0.286. The Morgan fingerprint density at radius 3 is 2.31 bits per heavy atom. The molecule has 138 valence electrons. The normalized spacial score (nSPS) is 14.3. The minimum atomic E-state index is -1.49. The highest BCUT2D eigenvalue weighted by atomic mass is 19.1. The summed E-state index contributed by atoms with van der Waals surface area (Å²) < 4.78 is 27.6. The van der Waals surface area contributed by atoms with Gasteiger partial charge in [-0.1, -0.05) is 44.2 Å². The second-order valence-corrected chi connectivity index (χ2v) is 6.95. The number of aliphatic carboxylic acids is 1. The van der Waals surface area contributed by atoms with E-state index in [4.69, 9.17) is 5.73 Å². The molecule has 3 nitrogen and oxygen atoms in total. The van der Waals surface area contributed by atoms with Crippen molar-refractivity contribution in [2.45, 2.75) is 38.6 Å². The monoisotopic (exact) mass is 359 g/mol. The molecular formula is C21H23F2NO2. The van der Waals surface area contributed by atoms with E-state index in [-0.39, 0.29) is 12.0 Å². The van der Waals surface area contributed by atoms with Crippen LogP contribution in [0.1, 0.15) is 49.8 Å². The lowest BCUT2D eigenvalue weighted by molar-refractivity contribution is -0.142. The third-order valence-electron chi connectivity index (χ3n) is 4.33. The van der Waals surface area contributed by atoms with Crippen molar-refractivity contribution in [3.63, 3.8) is 0 Å². The van der Waals surface area contributed by atoms with Crippen molar-refractivity contribution in [3.8, 4) is 0 Å². The maximum absolute atomic E-state index is 14.3. The highest BCUT2D eigenvalue weighted by Gasteiger charge is 2.27. The van der Waals surface area contributed by atoms with Crippen molar-refractivity contribution >= 4 is 11.5 Å². The Hall–Kier alpha value is -2.53. The number of carboxylic acid groups (broad SMARTS) is 1. The van der Waals surface area contributed by atoms with Gasteiger partial charge in [0.2, 0.25) is 0 Å². The van der Waals surface area contributed by atoms with Crippen LogP contribution in [0, 0.1) is 11.6 Å². The van der Waals surface area contributed by atoms with Crippen LogP contribution in [0.4, 0.5) is 8.78 Å². The summed E-state index contributed by atoms with van der Waals surface area (Å²) in [5.74, 6) is -2.19. The number of halogens is 2. The van der Waals surface area contributed by atoms with Crippen LogP contribution in [0.15, 0.2) is 48.5 Å². The number of benzene rings is 2. The van der Waals surface area contributed by atoms with Gasteiger partial charge in [-0.05, 0) is 48.1 Å². The topological polar surface area (TPSA) is 63.3 Å². The summed E-state index contributed by atoms with van der Waals surface area (Å²) >= 11 is 0. The molecule has 1 atom stereocenters. The summed E-state index contributed by atoms with van der Waals surface area (Å²) in [6.07, 6.45) is 1.59. The molecular weight excluding hydrogens is 336 g/mol. The fourth-order valence-electron chi connectivity index (χ4n) is 2.54. The number of hydrogen-bond acceptors (Lipinski definition) is 2. The first-order valence-electron chi connectivity index (χ1n) is 8.40. The first kappa shape index (κ1) is 19.8. The molecule has 0 aliphatic carbocycles. The van der Waals surface area contributed by atoms with Crippen molar-refractivity contribution < 1.29 is 18.7 Å². The fourth-order valence-corrected chi connectivity index (χ4v) is 2.54. The van der Waals surface area contributed by atoms with Gasteiger partial charge in [-0.15, -0.1) is 0 Å². The van der Waals surface area contributed by atoms with Gasteiger partial charge in [0, 0.05) is 11.6 Å². The van der Waals surface area contributed by atoms with Gasteiger partial charge in [0.25, 0.3) is 0 Å². The van der Waals surface area contributed by atoms with E-state index in [9.17, 15) is 18.7 Å². The molecule has 0 radical (unpaired) electrons. The van der Waals surface area contributed by atoms with Crippen LogP contribution >= 0.6 is 0 Å². The lowest BCUT2D eigenvalue weighted by Gasteiger charge is -2.18. The van der Waals surface area contributed by atoms with Crippen molar-refractivity contribution in [1.29, 1.82) is 0 Å². The number of carboxylic acids is 1. The van der Waals surface area contributed by atoms with Crippen LogP contribution in [0.5, 0.6) is 0 Å². The Morgan fingerprint density at radius 2 is 1.81 bits per heavy atom. The number of nitrogens with two attached hydrogens (primary N) is 1. The average Bonchev–Trinajstić information content (AvgIpc) is 2.56. The molecule has 0 aromatic heterocycles. The van der Waals surface area contributed by atoms with E-state index in [0.717, 1.165) is 11.6 Å². The Balaban J connectivity index is 2.52. The molecule has 0 saturated carbocycles. The molecule has 1 unspecified atom stereocenters. The first-order chi connectivity index (χ1) is 12.1. The van der Waals surface area contributed by atoms with Crippen LogP contribution in [0.3, 0.4) is 0 Å². The van der Waals surface area contributed by atoms with Crippen molar-refractivity contribution in [2.75, 3.05) is 0 Å². The van der Waals surface area contributed by atoms with Crippen LogP contribution in [-0.2, 0) is 4.79 Å². The molecule has 2 aromatic rings. The Bertz CT molecular complexity index is 824. The Morgan fingerprint density at radius 1 is 1.19 bits per heavy atom. The van der Waals surface area contributed by atoms with E-state index in [0.29, 0.717) is 17.1 Å². The van der Waals surface area contributed by atoms with Gasteiger partial charge < -0.3 is 10.8 Å². The summed E-state index contributed by atoms with van der Waals surface area (Å²) in [6.45, 7) is 5.53. The van der Waals surface area contributed by atoms with E-state index < -0.39 is 23.1 Å². The second kappa shape index (κ2) is 7.79. The van der Waals surface area contributed by atoms with Gasteiger partial charge in [-0.2, -0.15) is 0 Å². The number of rotatable bonds is 6. The van der Waals surface area contributed by atoms with Crippen molar-refractivity contribution in [1.82, 2.24) is 0 Å². The number of carbonyl (C=O) groups is 1. The van der Waals surface area contributed by atoms with Gasteiger partial charge in [0.15, 0.2) is 0 Å². The van der Waals surface area contributed by atoms with Crippen LogP contribution in [0.2, 0.25) is 0 Å². The van der Waals surface area contributed by atoms with E-state index in [2.05, 4.69) is 13.8 Å². The second-order valence-electron chi connectivity index (χ2n) is 6.95. The molecule has 0 amide bonds. The third-order valence-corrected chi connectivity index (χ3v) is 4.33. The molecule has 0 fully saturated rings. The van der Waals surface area contributed by atoms with Crippen LogP contribution < -0.4 is 5.73 Å². The molecule has 5 heteroatoms. The van der Waals surface area contributed by atoms with Gasteiger partial charge in [0.05, 0.1) is 0 Å². The summed E-state index contributed by atoms with van der Waals surface area (Å²) in [7, 11) is 0. The SMILES string of the molecule is CC(C)c1ccc(C(=CCC(C)(N)C(=O)O)c2ccc(F)cc2F)cc1. The summed E-state index contributed by atoms with van der Waals surface area (Å²) in [6, 6.07) is 10.9. The highest BCUT2D eigenvalue weighted by Crippen LogP contribution is 2.29. The average molecular weight is 359 g/mol. The molecule has 2 aromatic carbocycles. The summed E-state index contributed by atoms with van der Waals surface area (Å²) in [5, 5.41) is 9.21. The standard InChI is InChI=1S/C21H23F2NO2/c1-13(2)14-4-6-15(7-5-14)17(10-11-21(3,24)20(25)26)18-9-8-16(22)12-19(18)23/h4-10,12-13H,11,24H2,1-3H3,(H,25,26). The third kappa shape index (κ3) is 4.55. The first-order valence-corrected chi connectivity index (χ1v) is 8.40. The minimum Gasteiger partial charge on any atom is -0.480 e. The smallest absolute Gasteiger partial charge is 0.323 e. The predicted octanol–water partition coefficient (Wildman–Crippen LogP) is 4.71. The molecule has 26 heavy (non-hydrogen) atoms.